The molecule has 1 aliphatic rings. The zero-order valence-corrected chi connectivity index (χ0v) is 22.7. The van der Waals surface area contributed by atoms with E-state index in [1.54, 1.807) is 49.9 Å². The number of alkyl carbamates (subject to hydrolysis) is 1. The summed E-state index contributed by atoms with van der Waals surface area (Å²) in [6.07, 6.45) is -0.873. The van der Waals surface area contributed by atoms with Crippen molar-refractivity contribution in [1.29, 1.82) is 0 Å². The van der Waals surface area contributed by atoms with Gasteiger partial charge in [0.25, 0.3) is 5.89 Å². The van der Waals surface area contributed by atoms with Crippen molar-refractivity contribution in [3.8, 4) is 11.5 Å². The number of fused-ring (bicyclic) bond motifs is 1. The van der Waals surface area contributed by atoms with Gasteiger partial charge in [-0.15, -0.1) is 0 Å². The number of para-hydroxylation sites is 1. The van der Waals surface area contributed by atoms with Crippen LogP contribution in [-0.4, -0.2) is 45.0 Å². The topological polar surface area (TPSA) is 138 Å². The highest BCUT2D eigenvalue weighted by Gasteiger charge is 2.38. The van der Waals surface area contributed by atoms with E-state index in [9.17, 15) is 19.5 Å². The predicted octanol–water partition coefficient (Wildman–Crippen LogP) is 5.52. The molecule has 11 nitrogen and oxygen atoms in total. The standard InChI is InChI=1S/C28H33N5O6/c1-6-24(34)32-17(2)15-22(20-9-7-8-10-21(20)32)33(27(36)37)19-13-11-18(12-14-19)25-30-23(31-39-25)16-29-26(35)38-28(3,4)5/h7-14,17,22H,6,15-16H2,1-5H3,(H,29,35)(H,36,37)/t17-,22+/m0/s1. The lowest BCUT2D eigenvalue weighted by atomic mass is 9.90. The first-order valence-electron chi connectivity index (χ1n) is 12.8. The molecule has 39 heavy (non-hydrogen) atoms. The minimum absolute atomic E-state index is 0.000140. The van der Waals surface area contributed by atoms with Gasteiger partial charge in [0.15, 0.2) is 5.82 Å². The summed E-state index contributed by atoms with van der Waals surface area (Å²) in [5, 5.41) is 16.7. The largest absolute Gasteiger partial charge is 0.465 e. The lowest BCUT2D eigenvalue weighted by molar-refractivity contribution is -0.118. The molecule has 0 radical (unpaired) electrons. The van der Waals surface area contributed by atoms with Crippen LogP contribution in [0.25, 0.3) is 11.5 Å². The van der Waals surface area contributed by atoms with E-state index in [4.69, 9.17) is 9.26 Å². The van der Waals surface area contributed by atoms with Gasteiger partial charge < -0.3 is 24.6 Å². The number of carboxylic acid groups (broad SMARTS) is 1. The van der Waals surface area contributed by atoms with Crippen molar-refractivity contribution in [3.05, 3.63) is 59.9 Å². The smallest absolute Gasteiger partial charge is 0.412 e. The molecular formula is C28H33N5O6. The van der Waals surface area contributed by atoms with Crippen molar-refractivity contribution in [2.75, 3.05) is 9.80 Å². The Morgan fingerprint density at radius 3 is 2.49 bits per heavy atom. The number of carbonyl (C=O) groups excluding carboxylic acids is 2. The molecule has 4 rings (SSSR count). The number of rotatable bonds is 6. The minimum Gasteiger partial charge on any atom is -0.465 e. The zero-order valence-electron chi connectivity index (χ0n) is 22.7. The second kappa shape index (κ2) is 11.1. The molecule has 3 aromatic rings. The van der Waals surface area contributed by atoms with Gasteiger partial charge >= 0.3 is 12.2 Å². The van der Waals surface area contributed by atoms with Crippen LogP contribution < -0.4 is 15.1 Å². The molecule has 0 saturated carbocycles. The number of carbonyl (C=O) groups is 3. The number of hydrogen-bond donors (Lipinski definition) is 2. The molecule has 1 aromatic heterocycles. The van der Waals surface area contributed by atoms with Gasteiger partial charge in [0.2, 0.25) is 5.91 Å². The van der Waals surface area contributed by atoms with Crippen LogP contribution in [0.4, 0.5) is 21.0 Å². The van der Waals surface area contributed by atoms with Crippen LogP contribution in [0.15, 0.2) is 53.1 Å². The number of aromatic nitrogens is 2. The summed E-state index contributed by atoms with van der Waals surface area (Å²) in [4.78, 5) is 44.5. The van der Waals surface area contributed by atoms with Crippen molar-refractivity contribution < 1.29 is 28.8 Å². The van der Waals surface area contributed by atoms with E-state index in [0.717, 1.165) is 11.3 Å². The molecule has 3 amide bonds. The summed E-state index contributed by atoms with van der Waals surface area (Å²) < 4.78 is 10.5. The number of anilines is 2. The normalized spacial score (nSPS) is 16.8. The molecule has 2 atom stereocenters. The molecule has 2 aromatic carbocycles. The van der Waals surface area contributed by atoms with Gasteiger partial charge in [-0.2, -0.15) is 4.98 Å². The Kier molecular flexibility index (Phi) is 7.89. The van der Waals surface area contributed by atoms with Crippen LogP contribution >= 0.6 is 0 Å². The van der Waals surface area contributed by atoms with Crippen LogP contribution in [0.2, 0.25) is 0 Å². The average molecular weight is 536 g/mol. The predicted molar refractivity (Wildman–Crippen MR) is 144 cm³/mol. The highest BCUT2D eigenvalue weighted by atomic mass is 16.6. The second-order valence-corrected chi connectivity index (χ2v) is 10.3. The van der Waals surface area contributed by atoms with Gasteiger partial charge in [0.05, 0.1) is 12.6 Å². The van der Waals surface area contributed by atoms with Crippen LogP contribution in [-0.2, 0) is 16.1 Å². The minimum atomic E-state index is -1.10. The summed E-state index contributed by atoms with van der Waals surface area (Å²) >= 11 is 0. The monoisotopic (exact) mass is 535 g/mol. The van der Waals surface area contributed by atoms with Crippen molar-refractivity contribution in [2.45, 2.75) is 71.7 Å². The number of benzene rings is 2. The van der Waals surface area contributed by atoms with E-state index in [-0.39, 0.29) is 30.2 Å². The maximum absolute atomic E-state index is 12.7. The second-order valence-electron chi connectivity index (χ2n) is 10.3. The summed E-state index contributed by atoms with van der Waals surface area (Å²) in [7, 11) is 0. The summed E-state index contributed by atoms with van der Waals surface area (Å²) in [5.41, 5.74) is 1.96. The average Bonchev–Trinajstić information content (AvgIpc) is 3.36. The number of nitrogens with one attached hydrogen (secondary N) is 1. The number of amides is 3. The molecule has 2 heterocycles. The van der Waals surface area contributed by atoms with Crippen LogP contribution in [0.5, 0.6) is 0 Å². The zero-order chi connectivity index (χ0) is 28.3. The molecule has 0 fully saturated rings. The fourth-order valence-electron chi connectivity index (χ4n) is 4.67. The molecule has 1 aliphatic heterocycles. The molecule has 206 valence electrons. The molecular weight excluding hydrogens is 502 g/mol. The highest BCUT2D eigenvalue weighted by Crippen LogP contribution is 2.42. The van der Waals surface area contributed by atoms with Crippen LogP contribution in [0, 0.1) is 0 Å². The highest BCUT2D eigenvalue weighted by molar-refractivity contribution is 5.96. The van der Waals surface area contributed by atoms with Crippen molar-refractivity contribution in [1.82, 2.24) is 15.5 Å². The van der Waals surface area contributed by atoms with Gasteiger partial charge in [-0.1, -0.05) is 30.3 Å². The van der Waals surface area contributed by atoms with E-state index < -0.39 is 23.8 Å². The number of hydrogen-bond acceptors (Lipinski definition) is 7. The Bertz CT molecular complexity index is 1350. The lowest BCUT2D eigenvalue weighted by Gasteiger charge is -2.42. The van der Waals surface area contributed by atoms with Crippen LogP contribution in [0.3, 0.4) is 0 Å². The van der Waals surface area contributed by atoms with Gasteiger partial charge in [-0.25, -0.2) is 9.59 Å². The third kappa shape index (κ3) is 6.19. The maximum atomic E-state index is 12.7. The van der Waals surface area contributed by atoms with E-state index >= 15 is 0 Å². The summed E-state index contributed by atoms with van der Waals surface area (Å²) in [6.45, 7) is 9.08. The van der Waals surface area contributed by atoms with E-state index in [1.807, 2.05) is 38.1 Å². The fraction of sp³-hybridized carbons (Fsp3) is 0.393. The number of ether oxygens (including phenoxy) is 1. The Balaban J connectivity index is 1.54. The lowest BCUT2D eigenvalue weighted by Crippen LogP contribution is -2.47. The van der Waals surface area contributed by atoms with E-state index in [2.05, 4.69) is 15.5 Å². The van der Waals surface area contributed by atoms with Gasteiger partial charge in [-0.3, -0.25) is 9.69 Å². The molecule has 0 bridgehead atoms. The van der Waals surface area contributed by atoms with E-state index in [1.165, 1.54) is 4.90 Å². The fourth-order valence-corrected chi connectivity index (χ4v) is 4.67. The molecule has 0 spiro atoms. The first kappa shape index (κ1) is 27.6. The molecule has 0 unspecified atom stereocenters. The quantitative estimate of drug-likeness (QED) is 0.421. The van der Waals surface area contributed by atoms with Gasteiger partial charge in [0.1, 0.15) is 5.60 Å². The Hall–Kier alpha value is -4.41. The molecule has 2 N–H and O–H groups in total. The molecule has 11 heteroatoms. The molecule has 0 saturated heterocycles. The Labute approximate surface area is 226 Å². The van der Waals surface area contributed by atoms with Gasteiger partial charge in [0, 0.05) is 29.4 Å². The third-order valence-electron chi connectivity index (χ3n) is 6.30. The number of nitrogens with zero attached hydrogens (tertiary/aromatic N) is 4. The SMILES string of the molecule is CCC(=O)N1c2ccccc2[C@H](N(C(=O)O)c2ccc(-c3nc(CNC(=O)OC(C)(C)C)no3)cc2)C[C@@H]1C. The first-order valence-corrected chi connectivity index (χ1v) is 12.8. The third-order valence-corrected chi connectivity index (χ3v) is 6.30. The van der Waals surface area contributed by atoms with E-state index in [0.29, 0.717) is 24.1 Å². The van der Waals surface area contributed by atoms with Crippen LogP contribution in [0.1, 0.15) is 64.9 Å². The molecule has 0 aliphatic carbocycles. The first-order chi connectivity index (χ1) is 18.5. The maximum Gasteiger partial charge on any atom is 0.412 e. The van der Waals surface area contributed by atoms with Crippen molar-refractivity contribution in [2.24, 2.45) is 0 Å². The van der Waals surface area contributed by atoms with Crippen molar-refractivity contribution >= 4 is 29.5 Å². The Morgan fingerprint density at radius 1 is 1.15 bits per heavy atom. The summed E-state index contributed by atoms with van der Waals surface area (Å²) in [6, 6.07) is 13.6. The van der Waals surface area contributed by atoms with Crippen molar-refractivity contribution in [3.63, 3.8) is 0 Å². The van der Waals surface area contributed by atoms with Gasteiger partial charge in [-0.05, 0) is 70.0 Å². The summed E-state index contributed by atoms with van der Waals surface area (Å²) in [5.74, 6) is 0.501. The Morgan fingerprint density at radius 2 is 1.85 bits per heavy atom.